The predicted molar refractivity (Wildman–Crippen MR) is 57.3 cm³/mol. The highest BCUT2D eigenvalue weighted by molar-refractivity contribution is 7.99. The van der Waals surface area contributed by atoms with Crippen molar-refractivity contribution in [1.29, 1.82) is 0 Å². The summed E-state index contributed by atoms with van der Waals surface area (Å²) in [7, 11) is 0. The van der Waals surface area contributed by atoms with Crippen molar-refractivity contribution < 1.29 is 13.5 Å². The lowest BCUT2D eigenvalue weighted by atomic mass is 10.2. The minimum atomic E-state index is -2.67. The second-order valence-corrected chi connectivity index (χ2v) is 4.59. The van der Waals surface area contributed by atoms with Gasteiger partial charge in [0.1, 0.15) is 6.10 Å². The highest BCUT2D eigenvalue weighted by Crippen LogP contribution is 2.35. The lowest BCUT2D eigenvalue weighted by Gasteiger charge is -2.18. The molecule has 1 aliphatic rings. The van der Waals surface area contributed by atoms with Crippen molar-refractivity contribution in [3.05, 3.63) is 35.9 Å². The summed E-state index contributed by atoms with van der Waals surface area (Å²) in [5.74, 6) is -2.40. The van der Waals surface area contributed by atoms with Crippen LogP contribution in [0.1, 0.15) is 5.56 Å². The quantitative estimate of drug-likeness (QED) is 0.789. The molecule has 0 aliphatic carbocycles. The Hall–Kier alpha value is -0.610. The first-order valence-corrected chi connectivity index (χ1v) is 5.95. The molecule has 0 saturated carbocycles. The van der Waals surface area contributed by atoms with Gasteiger partial charge in [-0.05, 0) is 5.56 Å². The van der Waals surface area contributed by atoms with E-state index in [9.17, 15) is 8.78 Å². The molecule has 0 aromatic heterocycles. The molecule has 0 unspecified atom stereocenters. The molecule has 1 atom stereocenters. The fraction of sp³-hybridized carbons (Fsp3) is 0.455. The second-order valence-electron chi connectivity index (χ2n) is 3.56. The SMILES string of the molecule is FC1(F)CSC[C@H]1OCc1ccccc1. The van der Waals surface area contributed by atoms with Crippen molar-refractivity contribution in [3.63, 3.8) is 0 Å². The van der Waals surface area contributed by atoms with E-state index >= 15 is 0 Å². The van der Waals surface area contributed by atoms with Gasteiger partial charge in [-0.2, -0.15) is 11.8 Å². The first-order chi connectivity index (χ1) is 7.18. The summed E-state index contributed by atoms with van der Waals surface area (Å²) in [5.41, 5.74) is 0.935. The van der Waals surface area contributed by atoms with Gasteiger partial charge in [-0.1, -0.05) is 30.3 Å². The molecule has 82 valence electrons. The third-order valence-corrected chi connectivity index (χ3v) is 3.46. The Kier molecular flexibility index (Phi) is 3.26. The number of alkyl halides is 2. The van der Waals surface area contributed by atoms with Crippen molar-refractivity contribution in [2.45, 2.75) is 18.6 Å². The topological polar surface area (TPSA) is 9.23 Å². The van der Waals surface area contributed by atoms with Gasteiger partial charge in [0.25, 0.3) is 5.92 Å². The molecule has 1 aromatic rings. The molecule has 1 nitrogen and oxygen atoms in total. The lowest BCUT2D eigenvalue weighted by Crippen LogP contribution is -2.33. The van der Waals surface area contributed by atoms with E-state index in [4.69, 9.17) is 4.74 Å². The Morgan fingerprint density at radius 1 is 1.33 bits per heavy atom. The molecule has 1 aliphatic heterocycles. The van der Waals surface area contributed by atoms with Crippen LogP contribution in [0.3, 0.4) is 0 Å². The van der Waals surface area contributed by atoms with Crippen molar-refractivity contribution >= 4 is 11.8 Å². The van der Waals surface area contributed by atoms with Crippen LogP contribution in [0.25, 0.3) is 0 Å². The predicted octanol–water partition coefficient (Wildman–Crippen LogP) is 2.95. The summed E-state index contributed by atoms with van der Waals surface area (Å²) >= 11 is 1.25. The van der Waals surface area contributed by atoms with Gasteiger partial charge in [0.2, 0.25) is 0 Å². The van der Waals surface area contributed by atoms with Gasteiger partial charge < -0.3 is 4.74 Å². The molecule has 0 radical (unpaired) electrons. The third-order valence-electron chi connectivity index (χ3n) is 2.33. The first kappa shape index (κ1) is 10.9. The van der Waals surface area contributed by atoms with Crippen LogP contribution < -0.4 is 0 Å². The van der Waals surface area contributed by atoms with Gasteiger partial charge in [-0.15, -0.1) is 0 Å². The van der Waals surface area contributed by atoms with Crippen LogP contribution in [0.5, 0.6) is 0 Å². The van der Waals surface area contributed by atoms with Gasteiger partial charge in [-0.25, -0.2) is 8.78 Å². The van der Waals surface area contributed by atoms with Crippen molar-refractivity contribution in [3.8, 4) is 0 Å². The normalized spacial score (nSPS) is 24.3. The Labute approximate surface area is 91.8 Å². The smallest absolute Gasteiger partial charge is 0.283 e. The Morgan fingerprint density at radius 2 is 2.07 bits per heavy atom. The van der Waals surface area contributed by atoms with Crippen LogP contribution in [-0.2, 0) is 11.3 Å². The Bertz CT molecular complexity index is 316. The van der Waals surface area contributed by atoms with Crippen LogP contribution in [0, 0.1) is 0 Å². The van der Waals surface area contributed by atoms with Gasteiger partial charge in [0, 0.05) is 5.75 Å². The minimum absolute atomic E-state index is 0.119. The maximum absolute atomic E-state index is 13.2. The highest BCUT2D eigenvalue weighted by Gasteiger charge is 2.45. The number of rotatable bonds is 3. The minimum Gasteiger partial charge on any atom is -0.366 e. The monoisotopic (exact) mass is 230 g/mol. The largest absolute Gasteiger partial charge is 0.366 e. The van der Waals surface area contributed by atoms with E-state index in [1.54, 1.807) is 0 Å². The summed E-state index contributed by atoms with van der Waals surface area (Å²) in [4.78, 5) is 0. The first-order valence-electron chi connectivity index (χ1n) is 4.79. The lowest BCUT2D eigenvalue weighted by molar-refractivity contribution is -0.110. The molecule has 2 rings (SSSR count). The second kappa shape index (κ2) is 4.49. The Morgan fingerprint density at radius 3 is 2.67 bits per heavy atom. The van der Waals surface area contributed by atoms with Gasteiger partial charge >= 0.3 is 0 Å². The van der Waals surface area contributed by atoms with E-state index in [-0.39, 0.29) is 12.4 Å². The summed E-state index contributed by atoms with van der Waals surface area (Å²) < 4.78 is 31.6. The number of thioether (sulfide) groups is 1. The molecule has 1 heterocycles. The zero-order valence-corrected chi connectivity index (χ0v) is 8.97. The molecule has 0 spiro atoms. The van der Waals surface area contributed by atoms with Gasteiger partial charge in [0.15, 0.2) is 0 Å². The summed E-state index contributed by atoms with van der Waals surface area (Å²) in [5, 5.41) is 0. The zero-order valence-electron chi connectivity index (χ0n) is 8.16. The fourth-order valence-electron chi connectivity index (χ4n) is 1.46. The molecular formula is C11H12F2OS. The van der Waals surface area contributed by atoms with E-state index in [0.717, 1.165) is 5.56 Å². The number of hydrogen-bond acceptors (Lipinski definition) is 2. The average Bonchev–Trinajstić information content (AvgIpc) is 2.56. The molecule has 0 bridgehead atoms. The average molecular weight is 230 g/mol. The fourth-order valence-corrected chi connectivity index (χ4v) is 2.59. The number of halogens is 2. The zero-order chi connectivity index (χ0) is 10.7. The van der Waals surface area contributed by atoms with Crippen molar-refractivity contribution in [1.82, 2.24) is 0 Å². The molecule has 1 fully saturated rings. The maximum Gasteiger partial charge on any atom is 0.283 e. The van der Waals surface area contributed by atoms with Gasteiger partial charge in [0.05, 0.1) is 12.4 Å². The van der Waals surface area contributed by atoms with Crippen LogP contribution in [0.2, 0.25) is 0 Å². The molecule has 1 saturated heterocycles. The van der Waals surface area contributed by atoms with E-state index in [2.05, 4.69) is 0 Å². The summed E-state index contributed by atoms with van der Waals surface area (Å²) in [6.07, 6.45) is -0.928. The maximum atomic E-state index is 13.2. The van der Waals surface area contributed by atoms with Crippen LogP contribution in [-0.4, -0.2) is 23.5 Å². The van der Waals surface area contributed by atoms with Crippen LogP contribution in [0.15, 0.2) is 30.3 Å². The number of hydrogen-bond donors (Lipinski definition) is 0. The highest BCUT2D eigenvalue weighted by atomic mass is 32.2. The van der Waals surface area contributed by atoms with Crippen molar-refractivity contribution in [2.24, 2.45) is 0 Å². The van der Waals surface area contributed by atoms with Crippen molar-refractivity contribution in [2.75, 3.05) is 11.5 Å². The number of benzene rings is 1. The molecule has 0 amide bonds. The summed E-state index contributed by atoms with van der Waals surface area (Å²) in [6.45, 7) is 0.266. The summed E-state index contributed by atoms with van der Waals surface area (Å²) in [6, 6.07) is 9.39. The van der Waals surface area contributed by atoms with Gasteiger partial charge in [-0.3, -0.25) is 0 Å². The van der Waals surface area contributed by atoms with E-state index in [1.807, 2.05) is 30.3 Å². The molecular weight excluding hydrogens is 218 g/mol. The van der Waals surface area contributed by atoms with E-state index < -0.39 is 12.0 Å². The standard InChI is InChI=1S/C11H12F2OS/c12-11(13)8-15-7-10(11)14-6-9-4-2-1-3-5-9/h1-5,10H,6-8H2/t10-/m1/s1. The number of ether oxygens (including phenoxy) is 1. The molecule has 0 N–H and O–H groups in total. The molecule has 15 heavy (non-hydrogen) atoms. The van der Waals surface area contributed by atoms with E-state index in [0.29, 0.717) is 5.75 Å². The molecule has 1 aromatic carbocycles. The van der Waals surface area contributed by atoms with Crippen LogP contribution >= 0.6 is 11.8 Å². The molecule has 4 heteroatoms. The third kappa shape index (κ3) is 2.69. The van der Waals surface area contributed by atoms with Crippen LogP contribution in [0.4, 0.5) is 8.78 Å². The Balaban J connectivity index is 1.89. The van der Waals surface area contributed by atoms with E-state index in [1.165, 1.54) is 11.8 Å².